The smallest absolute Gasteiger partial charge is 0.320 e. The lowest BCUT2D eigenvalue weighted by atomic mass is 10.1. The molecule has 2 heterocycles. The van der Waals surface area contributed by atoms with Crippen LogP contribution in [0.25, 0.3) is 0 Å². The molecule has 22 heavy (non-hydrogen) atoms. The molecule has 0 radical (unpaired) electrons. The zero-order valence-corrected chi connectivity index (χ0v) is 12.2. The van der Waals surface area contributed by atoms with Gasteiger partial charge in [0.25, 0.3) is 0 Å². The van der Waals surface area contributed by atoms with E-state index >= 15 is 0 Å². The van der Waals surface area contributed by atoms with E-state index in [0.717, 1.165) is 17.1 Å². The number of urea groups is 1. The fourth-order valence-electron chi connectivity index (χ4n) is 2.21. The van der Waals surface area contributed by atoms with Gasteiger partial charge in [-0.25, -0.2) is 9.48 Å². The van der Waals surface area contributed by atoms with Gasteiger partial charge in [-0.3, -0.25) is 5.32 Å². The predicted octanol–water partition coefficient (Wildman–Crippen LogP) is 0.950. The van der Waals surface area contributed by atoms with Crippen LogP contribution in [0.15, 0.2) is 24.4 Å². The van der Waals surface area contributed by atoms with E-state index in [2.05, 4.69) is 20.9 Å². The number of rotatable bonds is 4. The highest BCUT2D eigenvalue weighted by atomic mass is 16.6. The molecule has 3 rings (SSSR count). The molecular formula is C14H17N5O3. The van der Waals surface area contributed by atoms with Gasteiger partial charge in [-0.1, -0.05) is 17.3 Å². The van der Waals surface area contributed by atoms with Crippen molar-refractivity contribution in [1.82, 2.24) is 20.3 Å². The molecule has 8 nitrogen and oxygen atoms in total. The summed E-state index contributed by atoms with van der Waals surface area (Å²) in [6, 6.07) is 5.47. The number of carbonyl (C=O) groups excluding carboxylic acids is 1. The third kappa shape index (κ3) is 3.11. The fourth-order valence-corrected chi connectivity index (χ4v) is 2.21. The van der Waals surface area contributed by atoms with Crippen LogP contribution < -0.4 is 20.1 Å². The molecule has 1 aromatic carbocycles. The third-order valence-electron chi connectivity index (χ3n) is 3.28. The summed E-state index contributed by atoms with van der Waals surface area (Å²) >= 11 is 0. The zero-order valence-electron chi connectivity index (χ0n) is 12.2. The Balaban J connectivity index is 1.53. The summed E-state index contributed by atoms with van der Waals surface area (Å²) in [5.74, 6) is 2.06. The first kappa shape index (κ1) is 14.2. The predicted molar refractivity (Wildman–Crippen MR) is 79.2 cm³/mol. The van der Waals surface area contributed by atoms with Crippen molar-refractivity contribution >= 4 is 11.8 Å². The van der Waals surface area contributed by atoms with Crippen molar-refractivity contribution in [1.29, 1.82) is 0 Å². The molecule has 0 unspecified atom stereocenters. The average Bonchev–Trinajstić information content (AvgIpc) is 2.93. The molecule has 0 aliphatic carbocycles. The molecule has 1 aliphatic heterocycles. The van der Waals surface area contributed by atoms with Gasteiger partial charge in [0, 0.05) is 13.6 Å². The van der Waals surface area contributed by atoms with E-state index in [4.69, 9.17) is 9.47 Å². The molecule has 0 saturated carbocycles. The van der Waals surface area contributed by atoms with Crippen LogP contribution in [0.1, 0.15) is 5.56 Å². The Labute approximate surface area is 127 Å². The second kappa shape index (κ2) is 6.33. The van der Waals surface area contributed by atoms with Gasteiger partial charge < -0.3 is 14.8 Å². The number of para-hydroxylation sites is 1. The summed E-state index contributed by atoms with van der Waals surface area (Å²) in [6.07, 6.45) is 2.14. The lowest BCUT2D eigenvalue weighted by Crippen LogP contribution is -2.31. The lowest BCUT2D eigenvalue weighted by Gasteiger charge is -2.21. The van der Waals surface area contributed by atoms with Crippen LogP contribution in [-0.2, 0) is 13.5 Å². The summed E-state index contributed by atoms with van der Waals surface area (Å²) in [5.41, 5.74) is 1.01. The van der Waals surface area contributed by atoms with Gasteiger partial charge >= 0.3 is 6.03 Å². The number of nitrogens with zero attached hydrogens (tertiary/aromatic N) is 3. The Kier molecular flexibility index (Phi) is 4.08. The van der Waals surface area contributed by atoms with E-state index in [1.165, 1.54) is 10.9 Å². The SMILES string of the molecule is Cn1nncc1NC(=O)NCCc1cccc2c1OCCO2. The molecule has 116 valence electrons. The summed E-state index contributed by atoms with van der Waals surface area (Å²) in [5, 5.41) is 12.9. The number of hydrogen-bond acceptors (Lipinski definition) is 5. The maximum absolute atomic E-state index is 11.8. The largest absolute Gasteiger partial charge is 0.486 e. The van der Waals surface area contributed by atoms with E-state index in [0.29, 0.717) is 32.0 Å². The number of carbonyl (C=O) groups is 1. The molecule has 1 aromatic heterocycles. The van der Waals surface area contributed by atoms with Crippen LogP contribution in [0.4, 0.5) is 10.6 Å². The van der Waals surface area contributed by atoms with Gasteiger partial charge in [0.1, 0.15) is 13.2 Å². The van der Waals surface area contributed by atoms with E-state index in [-0.39, 0.29) is 6.03 Å². The minimum Gasteiger partial charge on any atom is -0.486 e. The van der Waals surface area contributed by atoms with Gasteiger partial charge in [0.05, 0.1) is 6.20 Å². The second-order valence-electron chi connectivity index (χ2n) is 4.82. The van der Waals surface area contributed by atoms with Crippen molar-refractivity contribution in [3.63, 3.8) is 0 Å². The number of fused-ring (bicyclic) bond motifs is 1. The number of aromatic nitrogens is 3. The highest BCUT2D eigenvalue weighted by molar-refractivity contribution is 5.88. The topological polar surface area (TPSA) is 90.3 Å². The fraction of sp³-hybridized carbons (Fsp3) is 0.357. The average molecular weight is 303 g/mol. The van der Waals surface area contributed by atoms with Crippen molar-refractivity contribution in [3.8, 4) is 11.5 Å². The Hall–Kier alpha value is -2.77. The molecule has 2 aromatic rings. The Morgan fingerprint density at radius 2 is 2.23 bits per heavy atom. The van der Waals surface area contributed by atoms with E-state index in [9.17, 15) is 4.79 Å². The van der Waals surface area contributed by atoms with Crippen molar-refractivity contribution in [2.45, 2.75) is 6.42 Å². The lowest BCUT2D eigenvalue weighted by molar-refractivity contribution is 0.170. The van der Waals surface area contributed by atoms with Gasteiger partial charge in [-0.05, 0) is 18.1 Å². The minimum atomic E-state index is -0.299. The molecule has 0 atom stereocenters. The Bertz CT molecular complexity index is 670. The molecular weight excluding hydrogens is 286 g/mol. The number of anilines is 1. The number of nitrogens with one attached hydrogen (secondary N) is 2. The van der Waals surface area contributed by atoms with Gasteiger partial charge in [-0.15, -0.1) is 5.10 Å². The number of ether oxygens (including phenoxy) is 2. The van der Waals surface area contributed by atoms with Crippen molar-refractivity contribution < 1.29 is 14.3 Å². The maximum atomic E-state index is 11.8. The van der Waals surface area contributed by atoms with Gasteiger partial charge in [0.15, 0.2) is 17.3 Å². The van der Waals surface area contributed by atoms with Gasteiger partial charge in [0.2, 0.25) is 0 Å². The first-order valence-electron chi connectivity index (χ1n) is 7.01. The quantitative estimate of drug-likeness (QED) is 0.877. The van der Waals surface area contributed by atoms with E-state index < -0.39 is 0 Å². The first-order valence-corrected chi connectivity index (χ1v) is 7.01. The molecule has 0 saturated heterocycles. The second-order valence-corrected chi connectivity index (χ2v) is 4.82. The summed E-state index contributed by atoms with van der Waals surface area (Å²) in [7, 11) is 1.70. The molecule has 0 bridgehead atoms. The monoisotopic (exact) mass is 303 g/mol. The van der Waals surface area contributed by atoms with Crippen LogP contribution in [0.3, 0.4) is 0 Å². The summed E-state index contributed by atoms with van der Waals surface area (Å²) < 4.78 is 12.7. The summed E-state index contributed by atoms with van der Waals surface area (Å²) in [6.45, 7) is 1.60. The number of benzene rings is 1. The van der Waals surface area contributed by atoms with Crippen LogP contribution in [0.2, 0.25) is 0 Å². The Morgan fingerprint density at radius 3 is 3.05 bits per heavy atom. The molecule has 0 spiro atoms. The number of hydrogen-bond donors (Lipinski definition) is 2. The molecule has 1 aliphatic rings. The number of amides is 2. The molecule has 0 fully saturated rings. The highest BCUT2D eigenvalue weighted by Crippen LogP contribution is 2.33. The first-order chi connectivity index (χ1) is 10.7. The normalized spacial score (nSPS) is 12.8. The summed E-state index contributed by atoms with van der Waals surface area (Å²) in [4.78, 5) is 11.8. The van der Waals surface area contributed by atoms with Crippen molar-refractivity contribution in [2.24, 2.45) is 7.05 Å². The third-order valence-corrected chi connectivity index (χ3v) is 3.28. The molecule has 2 amide bonds. The molecule has 8 heteroatoms. The van der Waals surface area contributed by atoms with Crippen molar-refractivity contribution in [3.05, 3.63) is 30.0 Å². The highest BCUT2D eigenvalue weighted by Gasteiger charge is 2.15. The number of aryl methyl sites for hydroxylation is 1. The van der Waals surface area contributed by atoms with E-state index in [1.807, 2.05) is 18.2 Å². The van der Waals surface area contributed by atoms with E-state index in [1.54, 1.807) is 7.05 Å². The standard InChI is InChI=1S/C14H17N5O3/c1-19-12(9-16-18-19)17-14(20)15-6-5-10-3-2-4-11-13(10)22-8-7-21-11/h2-4,9H,5-8H2,1H3,(H2,15,17,20). The molecule has 2 N–H and O–H groups in total. The van der Waals surface area contributed by atoms with Crippen LogP contribution in [0.5, 0.6) is 11.5 Å². The minimum absolute atomic E-state index is 0.299. The zero-order chi connectivity index (χ0) is 15.4. The maximum Gasteiger partial charge on any atom is 0.320 e. The Morgan fingerprint density at radius 1 is 1.36 bits per heavy atom. The van der Waals surface area contributed by atoms with Crippen LogP contribution in [-0.4, -0.2) is 40.8 Å². The van der Waals surface area contributed by atoms with Crippen LogP contribution in [0, 0.1) is 0 Å². The van der Waals surface area contributed by atoms with Crippen LogP contribution >= 0.6 is 0 Å². The van der Waals surface area contributed by atoms with Gasteiger partial charge in [-0.2, -0.15) is 0 Å². The van der Waals surface area contributed by atoms with Crippen molar-refractivity contribution in [2.75, 3.05) is 25.1 Å².